The molecule has 0 unspecified atom stereocenters. The first kappa shape index (κ1) is 13.5. The minimum atomic E-state index is 0.867. The second-order valence-corrected chi connectivity index (χ2v) is 4.82. The molecule has 1 aromatic rings. The fraction of sp³-hybridized carbons (Fsp3) is 0.375. The molecule has 3 nitrogen and oxygen atoms in total. The highest BCUT2D eigenvalue weighted by Crippen LogP contribution is 2.32. The third kappa shape index (κ3) is 2.92. The van der Waals surface area contributed by atoms with E-state index in [1.807, 2.05) is 0 Å². The van der Waals surface area contributed by atoms with Crippen molar-refractivity contribution < 1.29 is 4.74 Å². The highest BCUT2D eigenvalue weighted by Gasteiger charge is 2.18. The highest BCUT2D eigenvalue weighted by atomic mass is 16.5. The molecule has 3 heteroatoms. The number of allylic oxidation sites excluding steroid dienone is 2. The molecule has 102 valence electrons. The van der Waals surface area contributed by atoms with E-state index in [4.69, 9.17) is 4.74 Å². The van der Waals surface area contributed by atoms with E-state index in [0.29, 0.717) is 0 Å². The van der Waals surface area contributed by atoms with E-state index in [2.05, 4.69) is 67.2 Å². The Bertz CT molecular complexity index is 505. The fourth-order valence-corrected chi connectivity index (χ4v) is 2.14. The molecular weight excluding hydrogens is 236 g/mol. The summed E-state index contributed by atoms with van der Waals surface area (Å²) in [6, 6.07) is 6.34. The van der Waals surface area contributed by atoms with E-state index in [1.54, 1.807) is 7.11 Å². The number of hydrogen-bond donors (Lipinski definition) is 0. The summed E-state index contributed by atoms with van der Waals surface area (Å²) in [4.78, 5) is 4.42. The molecule has 1 aliphatic rings. The van der Waals surface area contributed by atoms with Crippen LogP contribution in [0.25, 0.3) is 6.08 Å². The summed E-state index contributed by atoms with van der Waals surface area (Å²) >= 11 is 0. The maximum Gasteiger partial charge on any atom is 0.143 e. The van der Waals surface area contributed by atoms with Gasteiger partial charge in [-0.2, -0.15) is 0 Å². The lowest BCUT2D eigenvalue weighted by Gasteiger charge is -2.21. The minimum Gasteiger partial charge on any atom is -0.495 e. The Morgan fingerprint density at radius 1 is 1.37 bits per heavy atom. The van der Waals surface area contributed by atoms with Crippen molar-refractivity contribution in [1.82, 2.24) is 4.90 Å². The number of ether oxygens (including phenoxy) is 1. The van der Waals surface area contributed by atoms with Crippen molar-refractivity contribution in [2.24, 2.45) is 0 Å². The van der Waals surface area contributed by atoms with Crippen molar-refractivity contribution in [1.29, 1.82) is 0 Å². The molecule has 0 N–H and O–H groups in total. The SMILES string of the molecule is CC/C=C\c1ccc(N2C=C(C)N(C)C2)c(OC)c1. The van der Waals surface area contributed by atoms with Crippen LogP contribution < -0.4 is 9.64 Å². The van der Waals surface area contributed by atoms with Crippen molar-refractivity contribution >= 4 is 11.8 Å². The predicted molar refractivity (Wildman–Crippen MR) is 81.2 cm³/mol. The van der Waals surface area contributed by atoms with E-state index in [-0.39, 0.29) is 0 Å². The summed E-state index contributed by atoms with van der Waals surface area (Å²) in [6.45, 7) is 5.12. The van der Waals surface area contributed by atoms with Gasteiger partial charge in [0.05, 0.1) is 19.5 Å². The van der Waals surface area contributed by atoms with Crippen LogP contribution in [0, 0.1) is 0 Å². The van der Waals surface area contributed by atoms with Gasteiger partial charge in [0.15, 0.2) is 0 Å². The number of hydrogen-bond acceptors (Lipinski definition) is 3. The second-order valence-electron chi connectivity index (χ2n) is 4.82. The van der Waals surface area contributed by atoms with Gasteiger partial charge in [0.1, 0.15) is 5.75 Å². The lowest BCUT2D eigenvalue weighted by Crippen LogP contribution is -2.23. The third-order valence-corrected chi connectivity index (χ3v) is 3.37. The average Bonchev–Trinajstić information content (AvgIpc) is 2.75. The number of methoxy groups -OCH3 is 1. The van der Waals surface area contributed by atoms with Gasteiger partial charge in [-0.15, -0.1) is 0 Å². The molecule has 0 amide bonds. The van der Waals surface area contributed by atoms with Crippen LogP contribution in [0.15, 0.2) is 36.2 Å². The largest absolute Gasteiger partial charge is 0.495 e. The molecule has 1 aromatic carbocycles. The molecule has 0 fully saturated rings. The predicted octanol–water partition coefficient (Wildman–Crippen LogP) is 3.69. The van der Waals surface area contributed by atoms with Gasteiger partial charge in [-0.25, -0.2) is 0 Å². The summed E-state index contributed by atoms with van der Waals surface area (Å²) in [6.07, 6.45) is 7.48. The molecule has 0 aromatic heterocycles. The molecule has 1 heterocycles. The van der Waals surface area contributed by atoms with Gasteiger partial charge in [0.2, 0.25) is 0 Å². The van der Waals surface area contributed by atoms with Crippen LogP contribution in [-0.4, -0.2) is 25.7 Å². The van der Waals surface area contributed by atoms with E-state index in [1.165, 1.54) is 11.3 Å². The molecule has 0 saturated heterocycles. The first-order valence-corrected chi connectivity index (χ1v) is 6.66. The average molecular weight is 258 g/mol. The molecule has 0 saturated carbocycles. The summed E-state index contributed by atoms with van der Waals surface area (Å²) in [5, 5.41) is 0. The Labute approximate surface area is 115 Å². The lowest BCUT2D eigenvalue weighted by atomic mass is 10.1. The zero-order chi connectivity index (χ0) is 13.8. The maximum absolute atomic E-state index is 5.53. The van der Waals surface area contributed by atoms with Gasteiger partial charge in [-0.3, -0.25) is 0 Å². The Hall–Kier alpha value is -1.90. The van der Waals surface area contributed by atoms with E-state index < -0.39 is 0 Å². The minimum absolute atomic E-state index is 0.867. The molecule has 0 radical (unpaired) electrons. The van der Waals surface area contributed by atoms with Gasteiger partial charge in [-0.1, -0.05) is 25.1 Å². The van der Waals surface area contributed by atoms with Gasteiger partial charge < -0.3 is 14.5 Å². The van der Waals surface area contributed by atoms with E-state index in [0.717, 1.165) is 24.5 Å². The topological polar surface area (TPSA) is 15.7 Å². The molecule has 0 bridgehead atoms. The van der Waals surface area contributed by atoms with Crippen molar-refractivity contribution in [3.05, 3.63) is 41.7 Å². The molecule has 2 rings (SSSR count). The van der Waals surface area contributed by atoms with Crippen LogP contribution in [0.5, 0.6) is 5.75 Å². The first-order valence-electron chi connectivity index (χ1n) is 6.66. The number of nitrogens with zero attached hydrogens (tertiary/aromatic N) is 2. The van der Waals surface area contributed by atoms with E-state index in [9.17, 15) is 0 Å². The number of anilines is 1. The lowest BCUT2D eigenvalue weighted by molar-refractivity contribution is 0.412. The van der Waals surface area contributed by atoms with Crippen LogP contribution in [0.4, 0.5) is 5.69 Å². The monoisotopic (exact) mass is 258 g/mol. The normalized spacial score (nSPS) is 15.3. The van der Waals surface area contributed by atoms with Crippen LogP contribution in [-0.2, 0) is 0 Å². The second kappa shape index (κ2) is 5.83. The van der Waals surface area contributed by atoms with Crippen LogP contribution in [0.3, 0.4) is 0 Å². The fourth-order valence-electron chi connectivity index (χ4n) is 2.14. The standard InChI is InChI=1S/C16H22N2O/c1-5-6-7-14-8-9-15(16(10-14)19-4)18-11-13(2)17(3)12-18/h6-11H,5,12H2,1-4H3/b7-6-. The van der Waals surface area contributed by atoms with Crippen LogP contribution in [0.2, 0.25) is 0 Å². The summed E-state index contributed by atoms with van der Waals surface area (Å²) < 4.78 is 5.53. The van der Waals surface area contributed by atoms with Crippen molar-refractivity contribution in [3.8, 4) is 5.75 Å². The number of rotatable bonds is 4. The molecular formula is C16H22N2O. The first-order chi connectivity index (χ1) is 9.15. The van der Waals surface area contributed by atoms with Crippen molar-refractivity contribution in [2.75, 3.05) is 25.7 Å². The highest BCUT2D eigenvalue weighted by molar-refractivity contribution is 5.66. The smallest absolute Gasteiger partial charge is 0.143 e. The van der Waals surface area contributed by atoms with Crippen LogP contribution in [0.1, 0.15) is 25.8 Å². The molecule has 1 aliphatic heterocycles. The van der Waals surface area contributed by atoms with Crippen LogP contribution >= 0.6 is 0 Å². The third-order valence-electron chi connectivity index (χ3n) is 3.37. The van der Waals surface area contributed by atoms with Gasteiger partial charge in [0, 0.05) is 18.9 Å². The molecule has 0 spiro atoms. The van der Waals surface area contributed by atoms with Gasteiger partial charge >= 0.3 is 0 Å². The van der Waals surface area contributed by atoms with E-state index >= 15 is 0 Å². The Morgan fingerprint density at radius 3 is 2.74 bits per heavy atom. The Morgan fingerprint density at radius 2 is 2.16 bits per heavy atom. The van der Waals surface area contributed by atoms with Crippen molar-refractivity contribution in [2.45, 2.75) is 20.3 Å². The quantitative estimate of drug-likeness (QED) is 0.819. The molecule has 0 aliphatic carbocycles. The number of benzene rings is 1. The van der Waals surface area contributed by atoms with Gasteiger partial charge in [-0.05, 0) is 31.0 Å². The Balaban J connectivity index is 2.29. The molecule has 0 atom stereocenters. The molecule has 19 heavy (non-hydrogen) atoms. The zero-order valence-corrected chi connectivity index (χ0v) is 12.2. The van der Waals surface area contributed by atoms with Crippen molar-refractivity contribution in [3.63, 3.8) is 0 Å². The van der Waals surface area contributed by atoms with Gasteiger partial charge in [0.25, 0.3) is 0 Å². The summed E-state index contributed by atoms with van der Waals surface area (Å²) in [5.41, 5.74) is 3.55. The Kier molecular flexibility index (Phi) is 4.15. The zero-order valence-electron chi connectivity index (χ0n) is 12.2. The summed E-state index contributed by atoms with van der Waals surface area (Å²) in [5.74, 6) is 0.914. The summed E-state index contributed by atoms with van der Waals surface area (Å²) in [7, 11) is 3.82. The maximum atomic E-state index is 5.53.